The number of hydrogen-bond donors (Lipinski definition) is 1. The third-order valence-electron chi connectivity index (χ3n) is 4.36. The Kier molecular flexibility index (Phi) is 5.98. The molecule has 1 aliphatic heterocycles. The number of nitrogens with zero attached hydrogens (tertiary/aromatic N) is 1. The van der Waals surface area contributed by atoms with Crippen LogP contribution in [0.4, 0.5) is 10.1 Å². The largest absolute Gasteiger partial charge is 0.493 e. The number of anilines is 1. The third-order valence-corrected chi connectivity index (χ3v) is 4.36. The number of ether oxygens (including phenoxy) is 3. The molecule has 2 amide bonds. The summed E-state index contributed by atoms with van der Waals surface area (Å²) in [6, 6.07) is 10.7. The van der Waals surface area contributed by atoms with Crippen LogP contribution in [0.1, 0.15) is 6.42 Å². The average Bonchev–Trinajstić information content (AvgIpc) is 3.06. The molecule has 2 aromatic rings. The lowest BCUT2D eigenvalue weighted by molar-refractivity contribution is -0.123. The maximum Gasteiger partial charge on any atom is 0.258 e. The highest BCUT2D eigenvalue weighted by Gasteiger charge is 2.32. The molecule has 1 saturated heterocycles. The van der Waals surface area contributed by atoms with Gasteiger partial charge >= 0.3 is 0 Å². The number of para-hydroxylation sites is 1. The van der Waals surface area contributed by atoms with E-state index in [-0.39, 0.29) is 30.7 Å². The highest BCUT2D eigenvalue weighted by molar-refractivity contribution is 5.97. The van der Waals surface area contributed by atoms with Crippen LogP contribution in [0.2, 0.25) is 0 Å². The van der Waals surface area contributed by atoms with Crippen LogP contribution in [0, 0.1) is 5.82 Å². The fourth-order valence-corrected chi connectivity index (χ4v) is 3.02. The van der Waals surface area contributed by atoms with Crippen LogP contribution in [0.15, 0.2) is 42.5 Å². The summed E-state index contributed by atoms with van der Waals surface area (Å²) in [5.41, 5.74) is 0.655. The lowest BCUT2D eigenvalue weighted by atomic mass is 10.2. The van der Waals surface area contributed by atoms with Crippen molar-refractivity contribution in [3.8, 4) is 17.2 Å². The van der Waals surface area contributed by atoms with Crippen molar-refractivity contribution in [1.29, 1.82) is 0 Å². The fraction of sp³-hybridized carbons (Fsp3) is 0.300. The Morgan fingerprint density at radius 3 is 2.61 bits per heavy atom. The van der Waals surface area contributed by atoms with Gasteiger partial charge in [-0.1, -0.05) is 12.1 Å². The molecule has 0 aromatic heterocycles. The highest BCUT2D eigenvalue weighted by atomic mass is 19.1. The van der Waals surface area contributed by atoms with Gasteiger partial charge in [-0.3, -0.25) is 9.59 Å². The van der Waals surface area contributed by atoms with Crippen LogP contribution < -0.4 is 24.4 Å². The zero-order chi connectivity index (χ0) is 20.1. The predicted octanol–water partition coefficient (Wildman–Crippen LogP) is 2.14. The van der Waals surface area contributed by atoms with Gasteiger partial charge in [0.1, 0.15) is 0 Å². The van der Waals surface area contributed by atoms with E-state index in [2.05, 4.69) is 5.32 Å². The molecular formula is C20H21FN2O5. The number of amides is 2. The van der Waals surface area contributed by atoms with Gasteiger partial charge in [-0.25, -0.2) is 4.39 Å². The second kappa shape index (κ2) is 8.60. The lowest BCUT2D eigenvalue weighted by Gasteiger charge is -2.19. The summed E-state index contributed by atoms with van der Waals surface area (Å²) in [7, 11) is 3.06. The van der Waals surface area contributed by atoms with E-state index in [4.69, 9.17) is 14.2 Å². The minimum absolute atomic E-state index is 0.00658. The van der Waals surface area contributed by atoms with Gasteiger partial charge in [-0.2, -0.15) is 0 Å². The number of halogens is 1. The van der Waals surface area contributed by atoms with Crippen LogP contribution in [-0.4, -0.2) is 45.2 Å². The van der Waals surface area contributed by atoms with E-state index in [9.17, 15) is 14.0 Å². The van der Waals surface area contributed by atoms with Crippen molar-refractivity contribution >= 4 is 17.5 Å². The van der Waals surface area contributed by atoms with Gasteiger partial charge in [-0.15, -0.1) is 0 Å². The number of carbonyl (C=O) groups is 2. The standard InChI is InChI=1S/C20H21FN2O5/c1-26-17-8-7-14(10-18(17)27-2)23-11-13(9-20(23)25)22-19(24)12-28-16-6-4-3-5-15(16)21/h3-8,10,13H,9,11-12H2,1-2H3,(H,22,24)/t13-/m1/s1. The second-order valence-corrected chi connectivity index (χ2v) is 6.23. The highest BCUT2D eigenvalue weighted by Crippen LogP contribution is 2.33. The van der Waals surface area contributed by atoms with Crippen molar-refractivity contribution in [2.45, 2.75) is 12.5 Å². The topological polar surface area (TPSA) is 77.1 Å². The Hall–Kier alpha value is -3.29. The first-order valence-electron chi connectivity index (χ1n) is 8.71. The van der Waals surface area contributed by atoms with Gasteiger partial charge in [-0.05, 0) is 24.3 Å². The molecule has 0 saturated carbocycles. The maximum absolute atomic E-state index is 13.5. The Morgan fingerprint density at radius 2 is 1.89 bits per heavy atom. The molecule has 0 aliphatic carbocycles. The van der Waals surface area contributed by atoms with E-state index in [1.807, 2.05) is 0 Å². The normalized spacial score (nSPS) is 16.0. The molecule has 0 bridgehead atoms. The summed E-state index contributed by atoms with van der Waals surface area (Å²) in [6.45, 7) is -0.0122. The Bertz CT molecular complexity index is 873. The van der Waals surface area contributed by atoms with E-state index < -0.39 is 11.7 Å². The molecule has 1 N–H and O–H groups in total. The molecule has 0 spiro atoms. The number of nitrogens with one attached hydrogen (secondary N) is 1. The predicted molar refractivity (Wildman–Crippen MR) is 100 cm³/mol. The van der Waals surface area contributed by atoms with Crippen molar-refractivity contribution in [2.24, 2.45) is 0 Å². The van der Waals surface area contributed by atoms with E-state index in [1.54, 1.807) is 29.2 Å². The van der Waals surface area contributed by atoms with E-state index >= 15 is 0 Å². The molecule has 0 radical (unpaired) electrons. The number of hydrogen-bond acceptors (Lipinski definition) is 5. The summed E-state index contributed by atoms with van der Waals surface area (Å²) >= 11 is 0. The summed E-state index contributed by atoms with van der Waals surface area (Å²) < 4.78 is 29.2. The van der Waals surface area contributed by atoms with Gasteiger partial charge in [0.15, 0.2) is 29.7 Å². The SMILES string of the molecule is COc1ccc(N2C[C@H](NC(=O)COc3ccccc3F)CC2=O)cc1OC. The van der Waals surface area contributed by atoms with Crippen LogP contribution >= 0.6 is 0 Å². The van der Waals surface area contributed by atoms with Gasteiger partial charge in [0, 0.05) is 24.7 Å². The minimum Gasteiger partial charge on any atom is -0.493 e. The Morgan fingerprint density at radius 1 is 1.14 bits per heavy atom. The average molecular weight is 388 g/mol. The molecule has 1 heterocycles. The number of rotatable bonds is 7. The summed E-state index contributed by atoms with van der Waals surface area (Å²) in [4.78, 5) is 26.0. The minimum atomic E-state index is -0.536. The summed E-state index contributed by atoms with van der Waals surface area (Å²) in [5, 5.41) is 2.75. The molecule has 148 valence electrons. The number of methoxy groups -OCH3 is 2. The molecule has 1 fully saturated rings. The molecule has 3 rings (SSSR count). The first-order valence-corrected chi connectivity index (χ1v) is 8.71. The molecule has 28 heavy (non-hydrogen) atoms. The van der Waals surface area contributed by atoms with Crippen molar-refractivity contribution < 1.29 is 28.2 Å². The summed E-state index contributed by atoms with van der Waals surface area (Å²) in [5.74, 6) is 0.00690. The first-order chi connectivity index (χ1) is 13.5. The van der Waals surface area contributed by atoms with Crippen LogP contribution in [0.3, 0.4) is 0 Å². The first kappa shape index (κ1) is 19.5. The molecule has 0 unspecified atom stereocenters. The fourth-order valence-electron chi connectivity index (χ4n) is 3.02. The van der Waals surface area contributed by atoms with Crippen molar-refractivity contribution in [2.75, 3.05) is 32.3 Å². The van der Waals surface area contributed by atoms with E-state index in [1.165, 1.54) is 32.4 Å². The molecule has 1 aliphatic rings. The van der Waals surface area contributed by atoms with Gasteiger partial charge < -0.3 is 24.4 Å². The lowest BCUT2D eigenvalue weighted by Crippen LogP contribution is -2.39. The maximum atomic E-state index is 13.5. The Balaban J connectivity index is 1.58. The molecule has 7 nitrogen and oxygen atoms in total. The van der Waals surface area contributed by atoms with Gasteiger partial charge in [0.2, 0.25) is 5.91 Å². The van der Waals surface area contributed by atoms with Crippen LogP contribution in [0.5, 0.6) is 17.2 Å². The van der Waals surface area contributed by atoms with Crippen LogP contribution in [0.25, 0.3) is 0 Å². The molecule has 2 aromatic carbocycles. The quantitative estimate of drug-likeness (QED) is 0.787. The van der Waals surface area contributed by atoms with E-state index in [0.29, 0.717) is 23.7 Å². The Labute approximate surface area is 162 Å². The van der Waals surface area contributed by atoms with Crippen molar-refractivity contribution in [3.05, 3.63) is 48.3 Å². The molecule has 1 atom stereocenters. The van der Waals surface area contributed by atoms with Gasteiger partial charge in [0.25, 0.3) is 5.91 Å². The zero-order valence-electron chi connectivity index (χ0n) is 15.6. The van der Waals surface area contributed by atoms with E-state index in [0.717, 1.165) is 0 Å². The zero-order valence-corrected chi connectivity index (χ0v) is 15.6. The molecular weight excluding hydrogens is 367 g/mol. The third kappa shape index (κ3) is 4.33. The number of carbonyl (C=O) groups excluding carboxylic acids is 2. The number of benzene rings is 2. The smallest absolute Gasteiger partial charge is 0.258 e. The van der Waals surface area contributed by atoms with Crippen molar-refractivity contribution in [1.82, 2.24) is 5.32 Å². The van der Waals surface area contributed by atoms with Crippen LogP contribution in [-0.2, 0) is 9.59 Å². The monoisotopic (exact) mass is 388 g/mol. The molecule has 8 heteroatoms. The van der Waals surface area contributed by atoms with Gasteiger partial charge in [0.05, 0.1) is 20.3 Å². The van der Waals surface area contributed by atoms with Crippen molar-refractivity contribution in [3.63, 3.8) is 0 Å². The summed E-state index contributed by atoms with van der Waals surface area (Å²) in [6.07, 6.45) is 0.166. The second-order valence-electron chi connectivity index (χ2n) is 6.23.